The molecular weight excluding hydrogens is 212 g/mol. The molecule has 0 aromatic rings. The van der Waals surface area contributed by atoms with Crippen molar-refractivity contribution in [2.75, 3.05) is 25.9 Å². The van der Waals surface area contributed by atoms with E-state index in [-0.39, 0.29) is 5.60 Å². The van der Waals surface area contributed by atoms with Gasteiger partial charge in [0.1, 0.15) is 5.60 Å². The third kappa shape index (κ3) is 9.75. The minimum Gasteiger partial charge on any atom is -0.462 e. The summed E-state index contributed by atoms with van der Waals surface area (Å²) in [5.74, 6) is 0. The summed E-state index contributed by atoms with van der Waals surface area (Å²) >= 11 is 1.73. The van der Waals surface area contributed by atoms with Gasteiger partial charge in [-0.1, -0.05) is 0 Å². The van der Waals surface area contributed by atoms with Crippen LogP contribution in [0.3, 0.4) is 0 Å². The monoisotopic (exact) mass is 232 g/mol. The number of nitrogens with one attached hydrogen (secondary N) is 1. The first-order valence-electron chi connectivity index (χ1n) is 4.89. The fourth-order valence-electron chi connectivity index (χ4n) is 0.792. The topological polar surface area (TPSA) is 50.7 Å². The molecule has 1 aliphatic heterocycles. The molecule has 0 saturated heterocycles. The van der Waals surface area contributed by atoms with E-state index in [1.165, 1.54) is 5.04 Å². The lowest BCUT2D eigenvalue weighted by Gasteiger charge is -2.14. The number of thioether (sulfide) groups is 1. The Bertz CT molecular complexity index is 212. The van der Waals surface area contributed by atoms with E-state index < -0.39 is 0 Å². The maximum Gasteiger partial charge on any atom is 0.293 e. The van der Waals surface area contributed by atoms with Crippen LogP contribution in [0.2, 0.25) is 0 Å². The summed E-state index contributed by atoms with van der Waals surface area (Å²) in [4.78, 5) is 13.9. The zero-order valence-corrected chi connectivity index (χ0v) is 10.7. The number of carbonyl (C=O) groups excluding carboxylic acids is 1. The highest BCUT2D eigenvalue weighted by Gasteiger charge is 2.07. The molecule has 0 aliphatic carbocycles. The van der Waals surface area contributed by atoms with Crippen molar-refractivity contribution < 1.29 is 9.53 Å². The zero-order valence-electron chi connectivity index (χ0n) is 9.87. The highest BCUT2D eigenvalue weighted by atomic mass is 32.2. The number of carbonyl (C=O) groups is 1. The smallest absolute Gasteiger partial charge is 0.293 e. The van der Waals surface area contributed by atoms with Gasteiger partial charge in [0.25, 0.3) is 6.47 Å². The van der Waals surface area contributed by atoms with Crippen molar-refractivity contribution in [2.45, 2.75) is 26.4 Å². The molecule has 0 unspecified atom stereocenters. The van der Waals surface area contributed by atoms with Crippen molar-refractivity contribution in [2.24, 2.45) is 4.99 Å². The summed E-state index contributed by atoms with van der Waals surface area (Å²) in [5.41, 5.74) is -0.318. The first-order chi connectivity index (χ1) is 6.99. The van der Waals surface area contributed by atoms with Gasteiger partial charge in [-0.15, -0.1) is 11.8 Å². The van der Waals surface area contributed by atoms with E-state index in [1.54, 1.807) is 11.8 Å². The van der Waals surface area contributed by atoms with E-state index >= 15 is 0 Å². The molecule has 1 aliphatic rings. The van der Waals surface area contributed by atoms with Crippen LogP contribution in [0.25, 0.3) is 0 Å². The van der Waals surface area contributed by atoms with Gasteiger partial charge < -0.3 is 10.1 Å². The summed E-state index contributed by atoms with van der Waals surface area (Å²) in [5, 5.41) is 4.47. The van der Waals surface area contributed by atoms with Crippen molar-refractivity contribution in [3.63, 3.8) is 0 Å². The molecule has 5 heteroatoms. The molecule has 0 bridgehead atoms. The van der Waals surface area contributed by atoms with Crippen LogP contribution in [0, 0.1) is 0 Å². The molecule has 4 nitrogen and oxygen atoms in total. The predicted octanol–water partition coefficient (Wildman–Crippen LogP) is 1.31. The molecule has 0 fully saturated rings. The van der Waals surface area contributed by atoms with Gasteiger partial charge in [0.05, 0.1) is 11.6 Å². The molecule has 0 aromatic carbocycles. The summed E-state index contributed by atoms with van der Waals surface area (Å²) in [6.07, 6.45) is 2.06. The Morgan fingerprint density at radius 1 is 1.53 bits per heavy atom. The fourth-order valence-corrected chi connectivity index (χ4v) is 1.26. The Morgan fingerprint density at radius 3 is 2.40 bits per heavy atom. The minimum atomic E-state index is -0.318. The van der Waals surface area contributed by atoms with E-state index in [0.29, 0.717) is 6.47 Å². The second kappa shape index (κ2) is 7.70. The Hall–Kier alpha value is -0.550. The van der Waals surface area contributed by atoms with Crippen LogP contribution in [0.4, 0.5) is 0 Å². The first-order valence-corrected chi connectivity index (χ1v) is 6.11. The first kappa shape index (κ1) is 14.5. The lowest BCUT2D eigenvalue weighted by Crippen LogP contribution is -2.28. The van der Waals surface area contributed by atoms with Crippen LogP contribution in [-0.2, 0) is 9.53 Å². The van der Waals surface area contributed by atoms with E-state index in [0.717, 1.165) is 19.6 Å². The van der Waals surface area contributed by atoms with E-state index in [2.05, 4.69) is 21.3 Å². The lowest BCUT2D eigenvalue weighted by molar-refractivity contribution is -0.138. The quantitative estimate of drug-likeness (QED) is 0.693. The molecule has 1 heterocycles. The second-order valence-corrected chi connectivity index (χ2v) is 4.86. The van der Waals surface area contributed by atoms with Crippen LogP contribution >= 0.6 is 11.8 Å². The molecule has 0 radical (unpaired) electrons. The normalized spacial score (nSPS) is 15.9. The van der Waals surface area contributed by atoms with Crippen LogP contribution < -0.4 is 5.32 Å². The standard InChI is InChI=1S/C5H10N2S.C5H10O2/c1-8-5-4-6-2-3-7-5;1-5(2,3)7-4-6/h6H,2-4H2,1H3;4H,1-3H3. The van der Waals surface area contributed by atoms with Crippen LogP contribution in [-0.4, -0.2) is 43.0 Å². The number of hydrogen-bond donors (Lipinski definition) is 1. The third-order valence-electron chi connectivity index (χ3n) is 1.49. The number of ether oxygens (including phenoxy) is 1. The predicted molar refractivity (Wildman–Crippen MR) is 65.6 cm³/mol. The van der Waals surface area contributed by atoms with Gasteiger partial charge in [-0.2, -0.15) is 0 Å². The van der Waals surface area contributed by atoms with Crippen molar-refractivity contribution in [1.82, 2.24) is 5.32 Å². The second-order valence-electron chi connectivity index (χ2n) is 3.98. The van der Waals surface area contributed by atoms with Gasteiger partial charge in [-0.05, 0) is 27.0 Å². The minimum absolute atomic E-state index is 0.318. The highest BCUT2D eigenvalue weighted by molar-refractivity contribution is 8.13. The SMILES string of the molecule is CC(C)(C)OC=O.CSC1=NCCNC1. The Morgan fingerprint density at radius 2 is 2.20 bits per heavy atom. The van der Waals surface area contributed by atoms with Gasteiger partial charge >= 0.3 is 0 Å². The molecule has 1 N–H and O–H groups in total. The molecule has 15 heavy (non-hydrogen) atoms. The van der Waals surface area contributed by atoms with Gasteiger partial charge in [0.2, 0.25) is 0 Å². The Labute approximate surface area is 95.9 Å². The van der Waals surface area contributed by atoms with Crippen LogP contribution in [0.1, 0.15) is 20.8 Å². The molecule has 0 amide bonds. The van der Waals surface area contributed by atoms with Gasteiger partial charge in [-0.3, -0.25) is 9.79 Å². The largest absolute Gasteiger partial charge is 0.462 e. The van der Waals surface area contributed by atoms with Gasteiger partial charge in [0.15, 0.2) is 0 Å². The Balaban J connectivity index is 0.000000265. The molecular formula is C10H20N2O2S. The van der Waals surface area contributed by atoms with E-state index in [1.807, 2.05) is 20.8 Å². The number of hydrogen-bond acceptors (Lipinski definition) is 5. The zero-order chi connectivity index (χ0) is 11.7. The summed E-state index contributed by atoms with van der Waals surface area (Å²) in [6.45, 7) is 8.89. The molecule has 1 rings (SSSR count). The van der Waals surface area contributed by atoms with Gasteiger partial charge in [-0.25, -0.2) is 0 Å². The summed E-state index contributed by atoms with van der Waals surface area (Å²) < 4.78 is 4.55. The summed E-state index contributed by atoms with van der Waals surface area (Å²) in [6, 6.07) is 0. The van der Waals surface area contributed by atoms with Crippen molar-refractivity contribution in [1.29, 1.82) is 0 Å². The molecule has 0 spiro atoms. The molecule has 0 aromatic heterocycles. The van der Waals surface area contributed by atoms with Crippen LogP contribution in [0.5, 0.6) is 0 Å². The van der Waals surface area contributed by atoms with Crippen molar-refractivity contribution in [3.8, 4) is 0 Å². The number of nitrogens with zero attached hydrogens (tertiary/aromatic N) is 1. The fraction of sp³-hybridized carbons (Fsp3) is 0.800. The summed E-state index contributed by atoms with van der Waals surface area (Å²) in [7, 11) is 0. The van der Waals surface area contributed by atoms with Gasteiger partial charge in [0, 0.05) is 13.1 Å². The van der Waals surface area contributed by atoms with E-state index in [9.17, 15) is 4.79 Å². The average Bonchev–Trinajstić information content (AvgIpc) is 2.18. The number of rotatable bonds is 1. The average molecular weight is 232 g/mol. The van der Waals surface area contributed by atoms with Crippen LogP contribution in [0.15, 0.2) is 4.99 Å². The Kier molecular flexibility index (Phi) is 7.42. The third-order valence-corrected chi connectivity index (χ3v) is 2.23. The van der Waals surface area contributed by atoms with Crippen molar-refractivity contribution >= 4 is 23.3 Å². The highest BCUT2D eigenvalue weighted by Crippen LogP contribution is 2.02. The lowest BCUT2D eigenvalue weighted by atomic mass is 10.2. The maximum atomic E-state index is 9.60. The molecule has 88 valence electrons. The van der Waals surface area contributed by atoms with E-state index in [4.69, 9.17) is 0 Å². The molecule has 0 atom stereocenters. The van der Waals surface area contributed by atoms with Crippen molar-refractivity contribution in [3.05, 3.63) is 0 Å². The molecule has 0 saturated carbocycles. The number of aliphatic imine (C=N–C) groups is 1. The maximum absolute atomic E-state index is 9.60.